The number of methoxy groups -OCH3 is 1. The van der Waals surface area contributed by atoms with Gasteiger partial charge in [0.2, 0.25) is 0 Å². The summed E-state index contributed by atoms with van der Waals surface area (Å²) in [7, 11) is 1.68. The van der Waals surface area contributed by atoms with Gasteiger partial charge in [-0.2, -0.15) is 0 Å². The van der Waals surface area contributed by atoms with Crippen LogP contribution < -0.4 is 4.74 Å². The summed E-state index contributed by atoms with van der Waals surface area (Å²) in [4.78, 5) is 17.7. The van der Waals surface area contributed by atoms with Crippen molar-refractivity contribution in [2.75, 3.05) is 13.7 Å². The van der Waals surface area contributed by atoms with Gasteiger partial charge < -0.3 is 4.74 Å². The SMILES string of the molecule is COc1ccc(-c2ncc(CN3CCc4nc(-c5ccc(Cl)cc5)ncc4C3)s2)cc1. The van der Waals surface area contributed by atoms with Crippen molar-refractivity contribution in [2.45, 2.75) is 19.5 Å². The summed E-state index contributed by atoms with van der Waals surface area (Å²) in [6.07, 6.45) is 4.87. The molecule has 1 aliphatic rings. The lowest BCUT2D eigenvalue weighted by Crippen LogP contribution is -2.30. The van der Waals surface area contributed by atoms with Gasteiger partial charge in [-0.05, 0) is 48.5 Å². The Balaban J connectivity index is 1.27. The minimum absolute atomic E-state index is 0.718. The third-order valence-electron chi connectivity index (χ3n) is 5.39. The van der Waals surface area contributed by atoms with E-state index in [4.69, 9.17) is 21.3 Å². The summed E-state index contributed by atoms with van der Waals surface area (Å²) in [5.41, 5.74) is 4.44. The quantitative estimate of drug-likeness (QED) is 0.404. The molecule has 4 aromatic rings. The van der Waals surface area contributed by atoms with Crippen LogP contribution in [0.5, 0.6) is 5.75 Å². The fourth-order valence-electron chi connectivity index (χ4n) is 3.72. The van der Waals surface area contributed by atoms with E-state index in [1.165, 1.54) is 10.4 Å². The van der Waals surface area contributed by atoms with Crippen molar-refractivity contribution in [1.29, 1.82) is 0 Å². The zero-order valence-electron chi connectivity index (χ0n) is 17.1. The summed E-state index contributed by atoms with van der Waals surface area (Å²) >= 11 is 7.73. The number of halogens is 1. The number of aromatic nitrogens is 3. The minimum Gasteiger partial charge on any atom is -0.497 e. The van der Waals surface area contributed by atoms with Crippen molar-refractivity contribution < 1.29 is 4.74 Å². The predicted molar refractivity (Wildman–Crippen MR) is 124 cm³/mol. The maximum Gasteiger partial charge on any atom is 0.159 e. The minimum atomic E-state index is 0.718. The molecule has 3 heterocycles. The highest BCUT2D eigenvalue weighted by atomic mass is 35.5. The number of nitrogens with zero attached hydrogens (tertiary/aromatic N) is 4. The normalized spacial score (nSPS) is 13.7. The van der Waals surface area contributed by atoms with Gasteiger partial charge in [0.05, 0.1) is 12.8 Å². The van der Waals surface area contributed by atoms with Crippen molar-refractivity contribution in [3.05, 3.63) is 82.1 Å². The lowest BCUT2D eigenvalue weighted by Gasteiger charge is -2.27. The molecule has 156 valence electrons. The number of hydrogen-bond donors (Lipinski definition) is 0. The second-order valence-corrected chi connectivity index (χ2v) is 9.04. The first-order valence-corrected chi connectivity index (χ1v) is 11.3. The number of thiazole rings is 1. The number of hydrogen-bond acceptors (Lipinski definition) is 6. The molecule has 0 spiro atoms. The Morgan fingerprint density at radius 1 is 1.00 bits per heavy atom. The standard InChI is InChI=1S/C24H21ClN4OS/c1-30-20-8-4-17(5-9-20)24-27-13-21(31-24)15-29-11-10-22-18(14-29)12-26-23(28-22)16-2-6-19(25)7-3-16/h2-9,12-13H,10-11,14-15H2,1H3. The number of benzene rings is 2. The zero-order chi connectivity index (χ0) is 21.2. The van der Waals surface area contributed by atoms with Crippen LogP contribution >= 0.6 is 22.9 Å². The van der Waals surface area contributed by atoms with Crippen molar-refractivity contribution in [1.82, 2.24) is 19.9 Å². The average Bonchev–Trinajstić information content (AvgIpc) is 3.28. The van der Waals surface area contributed by atoms with Crippen LogP contribution in [0.1, 0.15) is 16.1 Å². The second kappa shape index (κ2) is 8.75. The van der Waals surface area contributed by atoms with Crippen molar-refractivity contribution >= 4 is 22.9 Å². The van der Waals surface area contributed by atoms with Gasteiger partial charge in [0.1, 0.15) is 10.8 Å². The van der Waals surface area contributed by atoms with Gasteiger partial charge in [-0.15, -0.1) is 11.3 Å². The first kappa shape index (κ1) is 20.1. The summed E-state index contributed by atoms with van der Waals surface area (Å²) in [5.74, 6) is 1.62. The molecule has 5 rings (SSSR count). The molecular weight excluding hydrogens is 428 g/mol. The lowest BCUT2D eigenvalue weighted by atomic mass is 10.1. The molecule has 0 N–H and O–H groups in total. The third-order valence-corrected chi connectivity index (χ3v) is 6.67. The van der Waals surface area contributed by atoms with E-state index in [1.807, 2.05) is 60.9 Å². The molecule has 0 unspecified atom stereocenters. The Morgan fingerprint density at radius 3 is 2.55 bits per heavy atom. The topological polar surface area (TPSA) is 51.1 Å². The van der Waals surface area contributed by atoms with Crippen LogP contribution in [0.3, 0.4) is 0 Å². The monoisotopic (exact) mass is 448 g/mol. The van der Waals surface area contributed by atoms with Crippen LogP contribution in [0.25, 0.3) is 22.0 Å². The van der Waals surface area contributed by atoms with Gasteiger partial charge in [0.15, 0.2) is 5.82 Å². The molecule has 0 fully saturated rings. The summed E-state index contributed by atoms with van der Waals surface area (Å²) < 4.78 is 5.24. The first-order valence-electron chi connectivity index (χ1n) is 10.1. The molecule has 0 saturated carbocycles. The molecule has 0 bridgehead atoms. The summed E-state index contributed by atoms with van der Waals surface area (Å²) in [6, 6.07) is 15.7. The Morgan fingerprint density at radius 2 is 1.77 bits per heavy atom. The van der Waals surface area contributed by atoms with Gasteiger partial charge in [-0.3, -0.25) is 4.90 Å². The molecule has 31 heavy (non-hydrogen) atoms. The fourth-order valence-corrected chi connectivity index (χ4v) is 4.80. The highest BCUT2D eigenvalue weighted by Crippen LogP contribution is 2.29. The third kappa shape index (κ3) is 4.46. The zero-order valence-corrected chi connectivity index (χ0v) is 18.7. The molecule has 0 atom stereocenters. The van der Waals surface area contributed by atoms with E-state index < -0.39 is 0 Å². The van der Waals surface area contributed by atoms with E-state index >= 15 is 0 Å². The number of ether oxygens (including phenoxy) is 1. The largest absolute Gasteiger partial charge is 0.497 e. The van der Waals surface area contributed by atoms with E-state index in [0.717, 1.165) is 64.5 Å². The van der Waals surface area contributed by atoms with Gasteiger partial charge in [0.25, 0.3) is 0 Å². The summed E-state index contributed by atoms with van der Waals surface area (Å²) in [6.45, 7) is 2.71. The van der Waals surface area contributed by atoms with Crippen LogP contribution in [0.4, 0.5) is 0 Å². The molecule has 0 radical (unpaired) electrons. The first-order chi connectivity index (χ1) is 15.2. The molecule has 0 saturated heterocycles. The second-order valence-electron chi connectivity index (χ2n) is 7.49. The molecule has 0 aliphatic carbocycles. The molecular formula is C24H21ClN4OS. The van der Waals surface area contributed by atoms with E-state index in [0.29, 0.717) is 0 Å². The maximum absolute atomic E-state index is 5.99. The van der Waals surface area contributed by atoms with Gasteiger partial charge in [0, 0.05) is 65.0 Å². The van der Waals surface area contributed by atoms with E-state index in [9.17, 15) is 0 Å². The van der Waals surface area contributed by atoms with E-state index in [-0.39, 0.29) is 0 Å². The van der Waals surface area contributed by atoms with Crippen molar-refractivity contribution in [3.8, 4) is 27.7 Å². The van der Waals surface area contributed by atoms with Crippen molar-refractivity contribution in [2.24, 2.45) is 0 Å². The molecule has 1 aliphatic heterocycles. The predicted octanol–water partition coefficient (Wildman–Crippen LogP) is 5.49. The lowest BCUT2D eigenvalue weighted by molar-refractivity contribution is 0.245. The smallest absolute Gasteiger partial charge is 0.159 e. The van der Waals surface area contributed by atoms with Crippen LogP contribution in [0.2, 0.25) is 5.02 Å². The molecule has 7 heteroatoms. The van der Waals surface area contributed by atoms with Gasteiger partial charge in [-0.1, -0.05) is 11.6 Å². The van der Waals surface area contributed by atoms with E-state index in [2.05, 4.69) is 14.9 Å². The van der Waals surface area contributed by atoms with Crippen LogP contribution in [0, 0.1) is 0 Å². The van der Waals surface area contributed by atoms with Gasteiger partial charge >= 0.3 is 0 Å². The Labute approximate surface area is 190 Å². The van der Waals surface area contributed by atoms with Crippen LogP contribution in [-0.2, 0) is 19.5 Å². The van der Waals surface area contributed by atoms with Crippen LogP contribution in [0.15, 0.2) is 60.9 Å². The van der Waals surface area contributed by atoms with Crippen LogP contribution in [-0.4, -0.2) is 33.5 Å². The Bertz CT molecular complexity index is 1190. The molecule has 5 nitrogen and oxygen atoms in total. The Kier molecular flexibility index (Phi) is 5.68. The fraction of sp³-hybridized carbons (Fsp3) is 0.208. The van der Waals surface area contributed by atoms with Gasteiger partial charge in [-0.25, -0.2) is 15.0 Å². The molecule has 2 aromatic heterocycles. The summed E-state index contributed by atoms with van der Waals surface area (Å²) in [5, 5.41) is 1.75. The highest BCUT2D eigenvalue weighted by Gasteiger charge is 2.20. The Hall–Kier alpha value is -2.80. The average molecular weight is 449 g/mol. The molecule has 0 amide bonds. The maximum atomic E-state index is 5.99. The van der Waals surface area contributed by atoms with E-state index in [1.54, 1.807) is 18.4 Å². The number of fused-ring (bicyclic) bond motifs is 1. The number of rotatable bonds is 5. The van der Waals surface area contributed by atoms with Crippen molar-refractivity contribution in [3.63, 3.8) is 0 Å². The molecule has 2 aromatic carbocycles. The highest BCUT2D eigenvalue weighted by molar-refractivity contribution is 7.15.